The van der Waals surface area contributed by atoms with Crippen LogP contribution < -0.4 is 4.90 Å². The lowest BCUT2D eigenvalue weighted by atomic mass is 9.91. The van der Waals surface area contributed by atoms with Gasteiger partial charge in [-0.2, -0.15) is 0 Å². The molecule has 1 aromatic rings. The van der Waals surface area contributed by atoms with Gasteiger partial charge in [0.15, 0.2) is 11.4 Å². The summed E-state index contributed by atoms with van der Waals surface area (Å²) >= 11 is 1.50. The average Bonchev–Trinajstić information content (AvgIpc) is 2.84. The topological polar surface area (TPSA) is 42.4 Å². The van der Waals surface area contributed by atoms with Gasteiger partial charge >= 0.3 is 0 Å². The molecule has 1 aliphatic rings. The predicted molar refractivity (Wildman–Crippen MR) is 83.0 cm³/mol. The Morgan fingerprint density at radius 2 is 2.05 bits per heavy atom. The third-order valence-corrected chi connectivity index (χ3v) is 4.75. The zero-order valence-corrected chi connectivity index (χ0v) is 13.6. The van der Waals surface area contributed by atoms with Crippen molar-refractivity contribution in [2.45, 2.75) is 39.0 Å². The number of rotatable bonds is 4. The van der Waals surface area contributed by atoms with E-state index in [-0.39, 0.29) is 5.41 Å². The molecule has 0 N–H and O–H groups in total. The van der Waals surface area contributed by atoms with Gasteiger partial charge in [-0.15, -0.1) is 0 Å². The molecule has 0 aromatic carbocycles. The van der Waals surface area contributed by atoms with Crippen LogP contribution in [0.25, 0.3) is 0 Å². The van der Waals surface area contributed by atoms with E-state index in [1.165, 1.54) is 11.3 Å². The van der Waals surface area contributed by atoms with E-state index in [2.05, 4.69) is 32.7 Å². The lowest BCUT2D eigenvalue weighted by molar-refractivity contribution is 0.0685. The first-order chi connectivity index (χ1) is 9.41. The minimum absolute atomic E-state index is 0.0927. The van der Waals surface area contributed by atoms with Crippen molar-refractivity contribution in [1.29, 1.82) is 0 Å². The lowest BCUT2D eigenvalue weighted by Crippen LogP contribution is -2.29. The zero-order chi connectivity index (χ0) is 14.8. The van der Waals surface area contributed by atoms with E-state index in [9.17, 15) is 4.79 Å². The maximum absolute atomic E-state index is 11.2. The highest BCUT2D eigenvalue weighted by molar-refractivity contribution is 7.17. The Morgan fingerprint density at radius 3 is 2.55 bits per heavy atom. The van der Waals surface area contributed by atoms with Crippen molar-refractivity contribution in [2.75, 3.05) is 31.7 Å². The van der Waals surface area contributed by atoms with Gasteiger partial charge in [0, 0.05) is 32.2 Å². The molecule has 0 radical (unpaired) electrons. The molecule has 112 valence electrons. The number of nitrogens with zero attached hydrogens (tertiary/aromatic N) is 2. The molecule has 2 rings (SSSR count). The number of aldehydes is 1. The Morgan fingerprint density at radius 1 is 1.40 bits per heavy atom. The Hall–Kier alpha value is -0.940. The summed E-state index contributed by atoms with van der Waals surface area (Å²) in [5, 5.41) is 0.948. The quantitative estimate of drug-likeness (QED) is 0.801. The summed E-state index contributed by atoms with van der Waals surface area (Å²) < 4.78 is 5.39. The smallest absolute Gasteiger partial charge is 0.185 e. The molecule has 20 heavy (non-hydrogen) atoms. The number of hydrogen-bond donors (Lipinski definition) is 0. The summed E-state index contributed by atoms with van der Waals surface area (Å²) in [4.78, 5) is 18.9. The van der Waals surface area contributed by atoms with Crippen LogP contribution in [0.5, 0.6) is 0 Å². The number of anilines is 1. The maximum Gasteiger partial charge on any atom is 0.185 e. The van der Waals surface area contributed by atoms with Gasteiger partial charge in [-0.05, 0) is 18.8 Å². The Balaban J connectivity index is 2.11. The van der Waals surface area contributed by atoms with Crippen LogP contribution in [0.2, 0.25) is 0 Å². The van der Waals surface area contributed by atoms with Crippen molar-refractivity contribution in [3.8, 4) is 0 Å². The molecule has 1 aromatic heterocycles. The molecular formula is C15H24N2O2S. The first-order valence-corrected chi connectivity index (χ1v) is 7.99. The second kappa shape index (κ2) is 6.22. The van der Waals surface area contributed by atoms with E-state index in [0.717, 1.165) is 54.6 Å². The molecule has 1 aliphatic heterocycles. The lowest BCUT2D eigenvalue weighted by Gasteiger charge is -2.26. The van der Waals surface area contributed by atoms with E-state index in [0.29, 0.717) is 5.92 Å². The van der Waals surface area contributed by atoms with Gasteiger partial charge in [-0.1, -0.05) is 32.1 Å². The molecule has 0 saturated carbocycles. The van der Waals surface area contributed by atoms with Crippen LogP contribution in [0, 0.1) is 5.92 Å². The van der Waals surface area contributed by atoms with Crippen LogP contribution >= 0.6 is 11.3 Å². The Bertz CT molecular complexity index is 459. The third-order valence-electron chi connectivity index (χ3n) is 3.66. The molecule has 0 aliphatic carbocycles. The number of thiazole rings is 1. The third kappa shape index (κ3) is 3.58. The molecule has 0 atom stereocenters. The molecule has 1 fully saturated rings. The van der Waals surface area contributed by atoms with Crippen LogP contribution in [0.3, 0.4) is 0 Å². The van der Waals surface area contributed by atoms with E-state index >= 15 is 0 Å². The predicted octanol–water partition coefficient (Wildman–Crippen LogP) is 3.12. The normalized spacial score (nSPS) is 17.2. The number of aromatic nitrogens is 1. The summed E-state index contributed by atoms with van der Waals surface area (Å²) in [5.74, 6) is 0.662. The van der Waals surface area contributed by atoms with Crippen LogP contribution in [0.1, 0.15) is 49.0 Å². The second-order valence-corrected chi connectivity index (χ2v) is 7.52. The number of carbonyl (C=O) groups excluding carboxylic acids is 1. The minimum Gasteiger partial charge on any atom is -0.381 e. The molecule has 1 saturated heterocycles. The largest absolute Gasteiger partial charge is 0.381 e. The van der Waals surface area contributed by atoms with Crippen LogP contribution in [0.15, 0.2) is 0 Å². The molecule has 0 amide bonds. The van der Waals surface area contributed by atoms with Gasteiger partial charge < -0.3 is 9.64 Å². The molecule has 0 unspecified atom stereocenters. The van der Waals surface area contributed by atoms with Crippen LogP contribution in [0.4, 0.5) is 5.13 Å². The maximum atomic E-state index is 11.2. The van der Waals surface area contributed by atoms with Crippen LogP contribution in [-0.2, 0) is 10.2 Å². The first-order valence-electron chi connectivity index (χ1n) is 7.17. The molecular weight excluding hydrogens is 272 g/mol. The average molecular weight is 296 g/mol. The summed E-state index contributed by atoms with van der Waals surface area (Å²) in [6.45, 7) is 9.00. The van der Waals surface area contributed by atoms with Gasteiger partial charge in [0.05, 0.1) is 10.6 Å². The summed E-state index contributed by atoms with van der Waals surface area (Å²) in [5.41, 5.74) is 0.816. The fourth-order valence-electron chi connectivity index (χ4n) is 2.50. The van der Waals surface area contributed by atoms with E-state index < -0.39 is 0 Å². The molecule has 0 spiro atoms. The van der Waals surface area contributed by atoms with Gasteiger partial charge in [-0.3, -0.25) is 4.79 Å². The summed E-state index contributed by atoms with van der Waals surface area (Å²) in [7, 11) is 2.06. The Labute approximate surface area is 125 Å². The van der Waals surface area contributed by atoms with Crippen molar-refractivity contribution in [1.82, 2.24) is 4.98 Å². The fourth-order valence-corrected chi connectivity index (χ4v) is 3.56. The van der Waals surface area contributed by atoms with Gasteiger partial charge in [0.2, 0.25) is 0 Å². The summed E-state index contributed by atoms with van der Waals surface area (Å²) in [6.07, 6.45) is 3.16. The molecule has 0 bridgehead atoms. The minimum atomic E-state index is -0.0927. The van der Waals surface area contributed by atoms with Crippen molar-refractivity contribution in [3.63, 3.8) is 0 Å². The SMILES string of the molecule is CN(CC1CCOCC1)c1nc(C(C)(C)C)c(C=O)s1. The van der Waals surface area contributed by atoms with Crippen molar-refractivity contribution in [2.24, 2.45) is 5.92 Å². The fraction of sp³-hybridized carbons (Fsp3) is 0.733. The molecule has 2 heterocycles. The van der Waals surface area contributed by atoms with E-state index in [1.807, 2.05) is 0 Å². The highest BCUT2D eigenvalue weighted by atomic mass is 32.1. The zero-order valence-electron chi connectivity index (χ0n) is 12.8. The molecule has 5 heteroatoms. The first kappa shape index (κ1) is 15.4. The van der Waals surface area contributed by atoms with Gasteiger partial charge in [-0.25, -0.2) is 4.98 Å². The highest BCUT2D eigenvalue weighted by Gasteiger charge is 2.25. The Kier molecular flexibility index (Phi) is 4.81. The van der Waals surface area contributed by atoms with Crippen molar-refractivity contribution >= 4 is 22.8 Å². The standard InChI is InChI=1S/C15H24N2O2S/c1-15(2,3)13-12(10-18)20-14(16-13)17(4)9-11-5-7-19-8-6-11/h10-11H,5-9H2,1-4H3. The van der Waals surface area contributed by atoms with Crippen molar-refractivity contribution < 1.29 is 9.53 Å². The van der Waals surface area contributed by atoms with Crippen molar-refractivity contribution in [3.05, 3.63) is 10.6 Å². The van der Waals surface area contributed by atoms with Gasteiger partial charge in [0.1, 0.15) is 0 Å². The van der Waals surface area contributed by atoms with Crippen LogP contribution in [-0.4, -0.2) is 38.1 Å². The van der Waals surface area contributed by atoms with E-state index in [4.69, 9.17) is 9.72 Å². The number of ether oxygens (including phenoxy) is 1. The monoisotopic (exact) mass is 296 g/mol. The highest BCUT2D eigenvalue weighted by Crippen LogP contribution is 2.33. The second-order valence-electron chi connectivity index (χ2n) is 6.51. The van der Waals surface area contributed by atoms with E-state index in [1.54, 1.807) is 0 Å². The summed E-state index contributed by atoms with van der Waals surface area (Å²) in [6, 6.07) is 0. The number of carbonyl (C=O) groups is 1. The number of hydrogen-bond acceptors (Lipinski definition) is 5. The van der Waals surface area contributed by atoms with Gasteiger partial charge in [0.25, 0.3) is 0 Å². The molecule has 4 nitrogen and oxygen atoms in total.